The van der Waals surface area contributed by atoms with Gasteiger partial charge in [-0.1, -0.05) is 6.07 Å². The number of benzene rings is 2. The van der Waals surface area contributed by atoms with Crippen molar-refractivity contribution in [2.24, 2.45) is 0 Å². The second-order valence-electron chi connectivity index (χ2n) is 8.19. The molecule has 2 aliphatic rings. The van der Waals surface area contributed by atoms with Gasteiger partial charge in [0.15, 0.2) is 23.1 Å². The van der Waals surface area contributed by atoms with E-state index >= 15 is 0 Å². The van der Waals surface area contributed by atoms with Gasteiger partial charge in [0.25, 0.3) is 0 Å². The summed E-state index contributed by atoms with van der Waals surface area (Å²) in [5, 5.41) is 19.8. The molecule has 0 spiro atoms. The molecule has 8 nitrogen and oxygen atoms in total. The monoisotopic (exact) mass is 459 g/mol. The summed E-state index contributed by atoms with van der Waals surface area (Å²) in [6, 6.07) is 3.89. The molecular weight excluding hydrogens is 440 g/mol. The second-order valence-corrected chi connectivity index (χ2v) is 8.19. The first-order valence-corrected chi connectivity index (χ1v) is 10.3. The Bertz CT molecular complexity index is 1400. The van der Waals surface area contributed by atoms with Gasteiger partial charge in [0.05, 0.1) is 18.6 Å². The fourth-order valence-corrected chi connectivity index (χ4v) is 4.17. The number of aromatic nitrogens is 1. The van der Waals surface area contributed by atoms with Gasteiger partial charge in [0.2, 0.25) is 11.2 Å². The van der Waals surface area contributed by atoms with Crippen LogP contribution in [0.3, 0.4) is 0 Å². The lowest BCUT2D eigenvalue weighted by Crippen LogP contribution is -2.45. The maximum absolute atomic E-state index is 14.7. The molecule has 0 bridgehead atoms. The first-order chi connectivity index (χ1) is 15.7. The van der Waals surface area contributed by atoms with Crippen molar-refractivity contribution in [2.75, 3.05) is 13.2 Å². The Morgan fingerprint density at radius 2 is 2.09 bits per heavy atom. The highest BCUT2D eigenvalue weighted by molar-refractivity contribution is 5.97. The molecule has 0 unspecified atom stereocenters. The summed E-state index contributed by atoms with van der Waals surface area (Å²) in [6.07, 6.45) is 0.649. The number of pyridine rings is 1. The molecule has 3 aromatic rings. The normalized spacial score (nSPS) is 17.6. The number of fused-ring (bicyclic) bond motifs is 4. The van der Waals surface area contributed by atoms with Crippen molar-refractivity contribution in [2.45, 2.75) is 32.0 Å². The summed E-state index contributed by atoms with van der Waals surface area (Å²) in [6.45, 7) is 2.46. The number of rotatable bonds is 4. The molecule has 0 aliphatic carbocycles. The molecule has 0 fully saturated rings. The van der Waals surface area contributed by atoms with Crippen molar-refractivity contribution in [1.82, 2.24) is 4.57 Å². The topological polar surface area (TPSA) is 107 Å². The van der Waals surface area contributed by atoms with Crippen LogP contribution in [0.5, 0.6) is 17.2 Å². The Morgan fingerprint density at radius 1 is 1.33 bits per heavy atom. The molecule has 2 N–H and O–H groups in total. The molecule has 172 valence electrons. The van der Waals surface area contributed by atoms with E-state index in [0.29, 0.717) is 11.6 Å². The van der Waals surface area contributed by atoms with E-state index in [4.69, 9.17) is 14.2 Å². The zero-order valence-electron chi connectivity index (χ0n) is 17.6. The summed E-state index contributed by atoms with van der Waals surface area (Å²) in [7, 11) is 0. The predicted octanol–water partition coefficient (Wildman–Crippen LogP) is 2.60. The molecule has 3 heterocycles. The van der Waals surface area contributed by atoms with Crippen molar-refractivity contribution >= 4 is 16.9 Å². The lowest BCUT2D eigenvalue weighted by atomic mass is 9.96. The highest BCUT2D eigenvalue weighted by atomic mass is 19.2. The van der Waals surface area contributed by atoms with Crippen molar-refractivity contribution in [3.63, 3.8) is 0 Å². The Labute approximate surface area is 185 Å². The van der Waals surface area contributed by atoms with E-state index in [1.807, 2.05) is 0 Å². The summed E-state index contributed by atoms with van der Waals surface area (Å²) in [4.78, 5) is 25.4. The largest absolute Gasteiger partial charge is 0.484 e. The minimum atomic E-state index is -1.55. The van der Waals surface area contributed by atoms with Crippen LogP contribution in [0, 0.1) is 11.6 Å². The average molecular weight is 459 g/mol. The van der Waals surface area contributed by atoms with Crippen LogP contribution < -0.4 is 14.9 Å². The number of carbonyl (C=O) groups excluding carboxylic acids is 1. The molecular formula is C23H19F2NO7. The van der Waals surface area contributed by atoms with E-state index < -0.39 is 47.1 Å². The third kappa shape index (κ3) is 3.01. The maximum Gasteiger partial charge on any atom is 0.343 e. The fraction of sp³-hybridized carbons (Fsp3) is 0.304. The van der Waals surface area contributed by atoms with Crippen molar-refractivity contribution in [3.8, 4) is 22.9 Å². The van der Waals surface area contributed by atoms with Crippen LogP contribution >= 0.6 is 0 Å². The van der Waals surface area contributed by atoms with Crippen LogP contribution in [0.4, 0.5) is 8.78 Å². The van der Waals surface area contributed by atoms with Gasteiger partial charge in [-0.3, -0.25) is 4.79 Å². The first-order valence-electron chi connectivity index (χ1n) is 10.3. The fourth-order valence-electron chi connectivity index (χ4n) is 4.17. The zero-order chi connectivity index (χ0) is 23.7. The van der Waals surface area contributed by atoms with Crippen LogP contribution in [0.15, 0.2) is 29.2 Å². The molecule has 10 heteroatoms. The van der Waals surface area contributed by atoms with Gasteiger partial charge >= 0.3 is 5.97 Å². The Kier molecular flexibility index (Phi) is 4.69. The van der Waals surface area contributed by atoms with Gasteiger partial charge in [0, 0.05) is 18.2 Å². The van der Waals surface area contributed by atoms with E-state index in [2.05, 4.69) is 0 Å². The number of ether oxygens (including phenoxy) is 3. The smallest absolute Gasteiger partial charge is 0.343 e. The number of aliphatic hydroxyl groups is 2. The number of nitrogens with zero attached hydrogens (tertiary/aromatic N) is 1. The van der Waals surface area contributed by atoms with Crippen LogP contribution in [-0.4, -0.2) is 45.7 Å². The lowest BCUT2D eigenvalue weighted by molar-refractivity contribution is -0.0729. The third-order valence-electron chi connectivity index (χ3n) is 5.94. The van der Waals surface area contributed by atoms with Gasteiger partial charge in [-0.25, -0.2) is 9.18 Å². The van der Waals surface area contributed by atoms with E-state index in [1.165, 1.54) is 23.8 Å². The van der Waals surface area contributed by atoms with Crippen LogP contribution in [-0.2, 0) is 11.2 Å². The van der Waals surface area contributed by atoms with Crippen molar-refractivity contribution in [3.05, 3.63) is 57.4 Å². The van der Waals surface area contributed by atoms with Crippen molar-refractivity contribution < 1.29 is 38.0 Å². The first kappa shape index (κ1) is 21.4. The molecule has 0 saturated carbocycles. The minimum absolute atomic E-state index is 0.00939. The zero-order valence-corrected chi connectivity index (χ0v) is 17.6. The molecule has 2 aromatic carbocycles. The molecule has 0 radical (unpaired) electrons. The van der Waals surface area contributed by atoms with Gasteiger partial charge in [-0.05, 0) is 26.0 Å². The van der Waals surface area contributed by atoms with Gasteiger partial charge in [-0.15, -0.1) is 0 Å². The molecule has 2 atom stereocenters. The maximum atomic E-state index is 14.7. The SMILES string of the molecule is CCOC(=O)c1cn2c3c(c(F)c(F)cc3c1=O)Oc1ccc3c(c1-2)O[C@@H]([C@](C)(O)CO)C3. The Balaban J connectivity index is 1.82. The lowest BCUT2D eigenvalue weighted by Gasteiger charge is -2.28. The minimum Gasteiger partial charge on any atom is -0.484 e. The van der Waals surface area contributed by atoms with E-state index in [-0.39, 0.29) is 46.7 Å². The number of halogens is 2. The van der Waals surface area contributed by atoms with Gasteiger partial charge in [-0.2, -0.15) is 4.39 Å². The summed E-state index contributed by atoms with van der Waals surface area (Å²) >= 11 is 0. The average Bonchev–Trinajstić information content (AvgIpc) is 3.24. The summed E-state index contributed by atoms with van der Waals surface area (Å²) in [5.74, 6) is -3.64. The Morgan fingerprint density at radius 3 is 2.79 bits per heavy atom. The highest BCUT2D eigenvalue weighted by Gasteiger charge is 2.41. The summed E-state index contributed by atoms with van der Waals surface area (Å²) < 4.78 is 47.0. The van der Waals surface area contributed by atoms with Gasteiger partial charge < -0.3 is 29.0 Å². The molecule has 5 rings (SSSR count). The molecule has 33 heavy (non-hydrogen) atoms. The number of hydrogen-bond donors (Lipinski definition) is 2. The number of hydrogen-bond acceptors (Lipinski definition) is 7. The second kappa shape index (κ2) is 7.26. The molecule has 0 saturated heterocycles. The van der Waals surface area contributed by atoms with Crippen molar-refractivity contribution in [1.29, 1.82) is 0 Å². The number of carbonyl (C=O) groups is 1. The third-order valence-corrected chi connectivity index (χ3v) is 5.94. The molecule has 2 aliphatic heterocycles. The quantitative estimate of drug-likeness (QED) is 0.452. The van der Waals surface area contributed by atoms with Crippen LogP contribution in [0.25, 0.3) is 16.6 Å². The number of aliphatic hydroxyl groups excluding tert-OH is 1. The van der Waals surface area contributed by atoms with E-state index in [0.717, 1.165) is 0 Å². The van der Waals surface area contributed by atoms with Crippen LogP contribution in [0.1, 0.15) is 29.8 Å². The summed E-state index contributed by atoms with van der Waals surface area (Å²) in [5.41, 5.74) is -1.92. The predicted molar refractivity (Wildman–Crippen MR) is 111 cm³/mol. The van der Waals surface area contributed by atoms with Crippen LogP contribution in [0.2, 0.25) is 0 Å². The highest BCUT2D eigenvalue weighted by Crippen LogP contribution is 2.49. The van der Waals surface area contributed by atoms with E-state index in [1.54, 1.807) is 13.0 Å². The molecule has 1 aromatic heterocycles. The number of esters is 1. The van der Waals surface area contributed by atoms with Gasteiger partial charge in [0.1, 0.15) is 28.5 Å². The Hall–Kier alpha value is -3.50. The van der Waals surface area contributed by atoms with E-state index in [9.17, 15) is 28.6 Å². The molecule has 0 amide bonds. The standard InChI is InChI=1S/C23H19F2NO7/c1-3-31-22(29)12-8-26-17-11(19(12)28)7-13(24)16(25)21(17)32-14-5-4-10-6-15(23(2,30)9-27)33-20(10)18(14)26/h4-5,7-8,15,27,30H,3,6,9H2,1-2H3/t15-,23-/m1/s1.